The van der Waals surface area contributed by atoms with E-state index < -0.39 is 5.97 Å². The van der Waals surface area contributed by atoms with Crippen molar-refractivity contribution in [3.8, 4) is 5.75 Å². The predicted molar refractivity (Wildman–Crippen MR) is 78.1 cm³/mol. The Morgan fingerprint density at radius 3 is 2.70 bits per heavy atom. The van der Waals surface area contributed by atoms with Crippen LogP contribution in [0.2, 0.25) is 0 Å². The molecule has 0 aliphatic heterocycles. The number of aliphatic carboxylic acids is 1. The number of thioether (sulfide) groups is 1. The highest BCUT2D eigenvalue weighted by molar-refractivity contribution is 7.98. The zero-order valence-corrected chi connectivity index (χ0v) is 11.8. The van der Waals surface area contributed by atoms with Crippen molar-refractivity contribution >= 4 is 17.7 Å². The van der Waals surface area contributed by atoms with Crippen molar-refractivity contribution in [2.45, 2.75) is 12.2 Å². The first-order chi connectivity index (χ1) is 9.74. The second-order valence-electron chi connectivity index (χ2n) is 4.19. The molecular weight excluding hydrogens is 276 g/mol. The van der Waals surface area contributed by atoms with Crippen molar-refractivity contribution in [2.24, 2.45) is 0 Å². The van der Waals surface area contributed by atoms with Crippen LogP contribution < -0.4 is 4.74 Å². The predicted octanol–water partition coefficient (Wildman–Crippen LogP) is 3.22. The van der Waals surface area contributed by atoms with Crippen LogP contribution >= 0.6 is 11.8 Å². The number of hydrogen-bond donors (Lipinski definition) is 1. The fourth-order valence-corrected chi connectivity index (χ4v) is 2.38. The molecule has 1 aromatic heterocycles. The zero-order valence-electron chi connectivity index (χ0n) is 11.0. The van der Waals surface area contributed by atoms with Crippen LogP contribution in [0.4, 0.5) is 0 Å². The summed E-state index contributed by atoms with van der Waals surface area (Å²) in [6.45, 7) is 0.615. The van der Waals surface area contributed by atoms with Crippen LogP contribution in [0.15, 0.2) is 47.1 Å². The average Bonchev–Trinajstić information content (AvgIpc) is 2.93. The number of carboxylic acid groups (broad SMARTS) is 1. The van der Waals surface area contributed by atoms with E-state index in [4.69, 9.17) is 14.3 Å². The molecule has 0 radical (unpaired) electrons. The largest absolute Gasteiger partial charge is 0.493 e. The van der Waals surface area contributed by atoms with Gasteiger partial charge in [0.05, 0.1) is 25.0 Å². The van der Waals surface area contributed by atoms with Crippen LogP contribution in [-0.4, -0.2) is 23.4 Å². The molecule has 0 atom stereocenters. The number of carboxylic acids is 1. The van der Waals surface area contributed by atoms with Crippen LogP contribution in [-0.2, 0) is 17.0 Å². The Balaban J connectivity index is 1.65. The summed E-state index contributed by atoms with van der Waals surface area (Å²) in [7, 11) is 0. The molecule has 0 saturated heterocycles. The standard InChI is InChI=1S/C15H16O4S/c16-15(17)10-12-3-5-13(6-4-12)19-8-9-20-11-14-2-1-7-18-14/h1-7H,8-11H2,(H,16,17). The Hall–Kier alpha value is -1.88. The van der Waals surface area contributed by atoms with E-state index in [-0.39, 0.29) is 6.42 Å². The fourth-order valence-electron chi connectivity index (χ4n) is 1.66. The van der Waals surface area contributed by atoms with E-state index >= 15 is 0 Å². The van der Waals surface area contributed by atoms with Crippen LogP contribution in [0.5, 0.6) is 5.75 Å². The molecule has 0 aliphatic rings. The zero-order chi connectivity index (χ0) is 14.2. The number of hydrogen-bond acceptors (Lipinski definition) is 4. The number of carbonyl (C=O) groups is 1. The molecule has 0 unspecified atom stereocenters. The van der Waals surface area contributed by atoms with E-state index in [2.05, 4.69) is 0 Å². The summed E-state index contributed by atoms with van der Waals surface area (Å²) < 4.78 is 10.8. The van der Waals surface area contributed by atoms with E-state index in [0.29, 0.717) is 6.61 Å². The monoisotopic (exact) mass is 292 g/mol. The van der Waals surface area contributed by atoms with Gasteiger partial charge in [0.1, 0.15) is 11.5 Å². The Kier molecular flexibility index (Phi) is 5.55. The van der Waals surface area contributed by atoms with Crippen molar-refractivity contribution in [1.82, 2.24) is 0 Å². The normalized spacial score (nSPS) is 10.4. The van der Waals surface area contributed by atoms with E-state index in [1.807, 2.05) is 12.1 Å². The lowest BCUT2D eigenvalue weighted by molar-refractivity contribution is -0.136. The third kappa shape index (κ3) is 5.01. The molecular formula is C15H16O4S. The van der Waals surface area contributed by atoms with Crippen LogP contribution in [0, 0.1) is 0 Å². The molecule has 20 heavy (non-hydrogen) atoms. The second kappa shape index (κ2) is 7.65. The van der Waals surface area contributed by atoms with E-state index in [1.54, 1.807) is 42.3 Å². The van der Waals surface area contributed by atoms with Crippen molar-refractivity contribution in [3.05, 3.63) is 54.0 Å². The Morgan fingerprint density at radius 2 is 2.05 bits per heavy atom. The lowest BCUT2D eigenvalue weighted by Gasteiger charge is -2.06. The first kappa shape index (κ1) is 14.5. The average molecular weight is 292 g/mol. The minimum Gasteiger partial charge on any atom is -0.493 e. The first-order valence-corrected chi connectivity index (χ1v) is 7.43. The molecule has 106 valence electrons. The van der Waals surface area contributed by atoms with Gasteiger partial charge in [0, 0.05) is 5.75 Å². The summed E-state index contributed by atoms with van der Waals surface area (Å²) in [6, 6.07) is 11.0. The van der Waals surface area contributed by atoms with Gasteiger partial charge in [-0.2, -0.15) is 11.8 Å². The first-order valence-electron chi connectivity index (χ1n) is 6.28. The molecule has 0 saturated carbocycles. The molecule has 2 aromatic rings. The maximum absolute atomic E-state index is 10.6. The smallest absolute Gasteiger partial charge is 0.307 e. The van der Waals surface area contributed by atoms with Crippen molar-refractivity contribution in [1.29, 1.82) is 0 Å². The molecule has 1 heterocycles. The highest BCUT2D eigenvalue weighted by atomic mass is 32.2. The lowest BCUT2D eigenvalue weighted by atomic mass is 10.1. The Labute approximate surface area is 121 Å². The van der Waals surface area contributed by atoms with Crippen LogP contribution in [0.1, 0.15) is 11.3 Å². The van der Waals surface area contributed by atoms with Crippen molar-refractivity contribution < 1.29 is 19.1 Å². The number of ether oxygens (including phenoxy) is 1. The highest BCUT2D eigenvalue weighted by Gasteiger charge is 2.01. The lowest BCUT2D eigenvalue weighted by Crippen LogP contribution is -2.02. The molecule has 0 spiro atoms. The molecule has 1 N–H and O–H groups in total. The van der Waals surface area contributed by atoms with Gasteiger partial charge in [0.25, 0.3) is 0 Å². The van der Waals surface area contributed by atoms with Gasteiger partial charge in [-0.1, -0.05) is 12.1 Å². The Morgan fingerprint density at radius 1 is 1.25 bits per heavy atom. The number of benzene rings is 1. The molecule has 0 aliphatic carbocycles. The maximum Gasteiger partial charge on any atom is 0.307 e. The van der Waals surface area contributed by atoms with Gasteiger partial charge in [-0.15, -0.1) is 0 Å². The minimum absolute atomic E-state index is 0.0410. The van der Waals surface area contributed by atoms with E-state index in [0.717, 1.165) is 28.6 Å². The fraction of sp³-hybridized carbons (Fsp3) is 0.267. The van der Waals surface area contributed by atoms with Gasteiger partial charge in [0.15, 0.2) is 0 Å². The van der Waals surface area contributed by atoms with Gasteiger partial charge in [0.2, 0.25) is 0 Å². The van der Waals surface area contributed by atoms with Gasteiger partial charge in [-0.05, 0) is 29.8 Å². The molecule has 0 fully saturated rings. The summed E-state index contributed by atoms with van der Waals surface area (Å²) in [5.41, 5.74) is 0.775. The van der Waals surface area contributed by atoms with Gasteiger partial charge in [-0.3, -0.25) is 4.79 Å². The third-order valence-corrected chi connectivity index (χ3v) is 3.54. The minimum atomic E-state index is -0.826. The summed E-state index contributed by atoms with van der Waals surface area (Å²) in [6.07, 6.45) is 1.71. The highest BCUT2D eigenvalue weighted by Crippen LogP contribution is 2.15. The molecule has 0 bridgehead atoms. The van der Waals surface area contributed by atoms with Gasteiger partial charge in [-0.25, -0.2) is 0 Å². The second-order valence-corrected chi connectivity index (χ2v) is 5.30. The Bertz CT molecular complexity index is 519. The van der Waals surface area contributed by atoms with E-state index in [9.17, 15) is 4.79 Å². The SMILES string of the molecule is O=C(O)Cc1ccc(OCCSCc2ccco2)cc1. The van der Waals surface area contributed by atoms with Crippen LogP contribution in [0.3, 0.4) is 0 Å². The molecule has 0 amide bonds. The van der Waals surface area contributed by atoms with Crippen LogP contribution in [0.25, 0.3) is 0 Å². The molecule has 2 rings (SSSR count). The van der Waals surface area contributed by atoms with Crippen molar-refractivity contribution in [3.63, 3.8) is 0 Å². The van der Waals surface area contributed by atoms with Gasteiger partial charge < -0.3 is 14.3 Å². The molecule has 4 nitrogen and oxygen atoms in total. The summed E-state index contributed by atoms with van der Waals surface area (Å²) in [5.74, 6) is 2.62. The van der Waals surface area contributed by atoms with E-state index in [1.165, 1.54) is 0 Å². The maximum atomic E-state index is 10.6. The third-order valence-electron chi connectivity index (χ3n) is 2.60. The quantitative estimate of drug-likeness (QED) is 0.757. The van der Waals surface area contributed by atoms with Crippen molar-refractivity contribution in [2.75, 3.05) is 12.4 Å². The molecule has 1 aromatic carbocycles. The number of rotatable bonds is 8. The molecule has 5 heteroatoms. The topological polar surface area (TPSA) is 59.7 Å². The summed E-state index contributed by atoms with van der Waals surface area (Å²) in [4.78, 5) is 10.6. The van der Waals surface area contributed by atoms with Gasteiger partial charge >= 0.3 is 5.97 Å². The summed E-state index contributed by atoms with van der Waals surface area (Å²) >= 11 is 1.75. The number of furan rings is 1. The summed E-state index contributed by atoms with van der Waals surface area (Å²) in [5, 5.41) is 8.67.